The third kappa shape index (κ3) is 2.87. The minimum Gasteiger partial charge on any atom is -0.361 e. The molecule has 2 saturated heterocycles. The van der Waals surface area contributed by atoms with Gasteiger partial charge in [-0.05, 0) is 13.8 Å². The average molecular weight is 382 g/mol. The molecule has 2 aromatic rings. The summed E-state index contributed by atoms with van der Waals surface area (Å²) in [4.78, 5) is 18.4. The van der Waals surface area contributed by atoms with Crippen LogP contribution >= 0.6 is 11.3 Å². The van der Waals surface area contributed by atoms with E-state index >= 15 is 0 Å². The monoisotopic (exact) mass is 382 g/mol. The first-order valence-corrected chi connectivity index (χ1v) is 10.4. The number of aryl methyl sites for hydroxylation is 2. The summed E-state index contributed by atoms with van der Waals surface area (Å²) in [7, 11) is -3.44. The lowest BCUT2D eigenvalue weighted by Crippen LogP contribution is -2.36. The predicted octanol–water partition coefficient (Wildman–Crippen LogP) is 1.03. The van der Waals surface area contributed by atoms with Crippen LogP contribution in [-0.4, -0.2) is 58.6 Å². The molecule has 0 unspecified atom stereocenters. The third-order valence-corrected chi connectivity index (χ3v) is 7.82. The predicted molar refractivity (Wildman–Crippen MR) is 90.6 cm³/mol. The first-order valence-electron chi connectivity index (χ1n) is 7.97. The number of rotatable bonds is 3. The molecule has 134 valence electrons. The average Bonchev–Trinajstić information content (AvgIpc) is 3.29. The maximum Gasteiger partial charge on any atom is 0.276 e. The van der Waals surface area contributed by atoms with Gasteiger partial charge in [0.1, 0.15) is 5.76 Å². The zero-order valence-corrected chi connectivity index (χ0v) is 15.5. The second-order valence-electron chi connectivity index (χ2n) is 6.53. The standard InChI is InChI=1S/C15H18N4O4S2/c1-9-3-13(17-23-9)15(20)18-4-11-5-19(25(21,22)14(11)7-18)6-12-8-24-10(2)16-12/h3,8,11,14H,4-7H2,1-2H3/t11-,14-/m0/s1. The Kier molecular flexibility index (Phi) is 3.93. The van der Waals surface area contributed by atoms with Gasteiger partial charge in [-0.2, -0.15) is 4.31 Å². The van der Waals surface area contributed by atoms with Crippen molar-refractivity contribution in [1.29, 1.82) is 0 Å². The molecule has 4 heterocycles. The van der Waals surface area contributed by atoms with Gasteiger partial charge in [-0.25, -0.2) is 13.4 Å². The van der Waals surface area contributed by atoms with Crippen molar-refractivity contribution < 1.29 is 17.7 Å². The van der Waals surface area contributed by atoms with Crippen molar-refractivity contribution in [3.05, 3.63) is 33.6 Å². The van der Waals surface area contributed by atoms with Gasteiger partial charge in [0, 0.05) is 37.0 Å². The lowest BCUT2D eigenvalue weighted by molar-refractivity contribution is 0.0774. The fraction of sp³-hybridized carbons (Fsp3) is 0.533. The van der Waals surface area contributed by atoms with Crippen LogP contribution in [0.5, 0.6) is 0 Å². The molecule has 25 heavy (non-hydrogen) atoms. The van der Waals surface area contributed by atoms with Crippen molar-refractivity contribution in [3.63, 3.8) is 0 Å². The summed E-state index contributed by atoms with van der Waals surface area (Å²) in [6.45, 7) is 4.95. The Bertz CT molecular complexity index is 920. The van der Waals surface area contributed by atoms with E-state index in [1.807, 2.05) is 12.3 Å². The molecule has 10 heteroatoms. The summed E-state index contributed by atoms with van der Waals surface area (Å²) in [6, 6.07) is 1.57. The minimum atomic E-state index is -3.44. The van der Waals surface area contributed by atoms with Crippen LogP contribution in [0.15, 0.2) is 16.0 Å². The van der Waals surface area contributed by atoms with E-state index in [-0.39, 0.29) is 24.1 Å². The van der Waals surface area contributed by atoms with Crippen LogP contribution in [0.2, 0.25) is 0 Å². The van der Waals surface area contributed by atoms with Crippen molar-refractivity contribution in [3.8, 4) is 0 Å². The Labute approximate surface area is 149 Å². The number of nitrogens with zero attached hydrogens (tertiary/aromatic N) is 4. The number of carbonyl (C=O) groups excluding carboxylic acids is 1. The summed E-state index contributed by atoms with van der Waals surface area (Å²) in [5.74, 6) is 0.199. The number of aromatic nitrogens is 2. The molecule has 2 aromatic heterocycles. The highest BCUT2D eigenvalue weighted by Gasteiger charge is 2.52. The minimum absolute atomic E-state index is 0.0818. The van der Waals surface area contributed by atoms with E-state index in [0.29, 0.717) is 25.4 Å². The van der Waals surface area contributed by atoms with Crippen LogP contribution in [0.1, 0.15) is 27.0 Å². The summed E-state index contributed by atoms with van der Waals surface area (Å²) < 4.78 is 32.1. The van der Waals surface area contributed by atoms with Crippen LogP contribution in [-0.2, 0) is 16.6 Å². The van der Waals surface area contributed by atoms with Gasteiger partial charge >= 0.3 is 0 Å². The molecule has 2 atom stereocenters. The van der Waals surface area contributed by atoms with Crippen molar-refractivity contribution in [2.75, 3.05) is 19.6 Å². The van der Waals surface area contributed by atoms with Gasteiger partial charge in [0.05, 0.1) is 22.5 Å². The molecule has 2 aliphatic rings. The highest BCUT2D eigenvalue weighted by Crippen LogP contribution is 2.35. The van der Waals surface area contributed by atoms with Crippen LogP contribution < -0.4 is 0 Å². The second-order valence-corrected chi connectivity index (χ2v) is 9.74. The van der Waals surface area contributed by atoms with Crippen LogP contribution in [0.25, 0.3) is 0 Å². The van der Waals surface area contributed by atoms with Gasteiger partial charge in [-0.1, -0.05) is 5.16 Å². The molecular weight excluding hydrogens is 364 g/mol. The normalized spacial score (nSPS) is 25.4. The van der Waals surface area contributed by atoms with Gasteiger partial charge in [-0.15, -0.1) is 11.3 Å². The Morgan fingerprint density at radius 2 is 2.16 bits per heavy atom. The quantitative estimate of drug-likeness (QED) is 0.787. The zero-order chi connectivity index (χ0) is 17.8. The first-order chi connectivity index (χ1) is 11.8. The Balaban J connectivity index is 1.48. The Hall–Kier alpha value is -1.78. The molecule has 0 spiro atoms. The van der Waals surface area contributed by atoms with E-state index in [9.17, 15) is 13.2 Å². The number of likely N-dealkylation sites (tertiary alicyclic amines) is 1. The van der Waals surface area contributed by atoms with E-state index in [4.69, 9.17) is 4.52 Å². The molecule has 1 amide bonds. The van der Waals surface area contributed by atoms with E-state index < -0.39 is 15.3 Å². The van der Waals surface area contributed by atoms with Crippen LogP contribution in [0.3, 0.4) is 0 Å². The lowest BCUT2D eigenvalue weighted by Gasteiger charge is -2.20. The van der Waals surface area contributed by atoms with Crippen molar-refractivity contribution in [2.24, 2.45) is 5.92 Å². The fourth-order valence-electron chi connectivity index (χ4n) is 3.52. The summed E-state index contributed by atoms with van der Waals surface area (Å²) in [6.07, 6.45) is 0. The maximum atomic E-state index is 12.8. The number of hydrogen-bond acceptors (Lipinski definition) is 7. The smallest absolute Gasteiger partial charge is 0.276 e. The molecule has 0 aromatic carbocycles. The van der Waals surface area contributed by atoms with Gasteiger partial charge in [0.15, 0.2) is 5.69 Å². The van der Waals surface area contributed by atoms with Crippen molar-refractivity contribution in [2.45, 2.75) is 25.6 Å². The largest absolute Gasteiger partial charge is 0.361 e. The molecule has 0 bridgehead atoms. The summed E-state index contributed by atoms with van der Waals surface area (Å²) in [5.41, 5.74) is 1.00. The van der Waals surface area contributed by atoms with Crippen LogP contribution in [0.4, 0.5) is 0 Å². The fourth-order valence-corrected chi connectivity index (χ4v) is 6.25. The zero-order valence-electron chi connectivity index (χ0n) is 13.9. The molecule has 0 radical (unpaired) electrons. The van der Waals surface area contributed by atoms with Gasteiger partial charge < -0.3 is 9.42 Å². The molecule has 4 rings (SSSR count). The van der Waals surface area contributed by atoms with Crippen LogP contribution in [0, 0.1) is 19.8 Å². The number of hydrogen-bond donors (Lipinski definition) is 0. The Morgan fingerprint density at radius 1 is 1.36 bits per heavy atom. The van der Waals surface area contributed by atoms with E-state index in [0.717, 1.165) is 10.7 Å². The molecule has 8 nitrogen and oxygen atoms in total. The second kappa shape index (κ2) is 5.89. The summed E-state index contributed by atoms with van der Waals surface area (Å²) >= 11 is 1.51. The molecule has 0 aliphatic carbocycles. The van der Waals surface area contributed by atoms with E-state index in [1.165, 1.54) is 15.6 Å². The molecule has 0 saturated carbocycles. The van der Waals surface area contributed by atoms with Crippen molar-refractivity contribution >= 4 is 27.3 Å². The first kappa shape index (κ1) is 16.7. The molecule has 2 fully saturated rings. The SMILES string of the molecule is Cc1cc(C(=O)N2C[C@H]3CN(Cc4csc(C)n4)S(=O)(=O)[C@H]3C2)no1. The topological polar surface area (TPSA) is 96.6 Å². The van der Waals surface area contributed by atoms with Gasteiger partial charge in [0.2, 0.25) is 10.0 Å². The molecular formula is C15H18N4O4S2. The number of amides is 1. The van der Waals surface area contributed by atoms with E-state index in [2.05, 4.69) is 10.1 Å². The molecule has 0 N–H and O–H groups in total. The molecule has 2 aliphatic heterocycles. The van der Waals surface area contributed by atoms with Gasteiger partial charge in [0.25, 0.3) is 5.91 Å². The number of fused-ring (bicyclic) bond motifs is 1. The lowest BCUT2D eigenvalue weighted by atomic mass is 10.1. The number of thiazole rings is 1. The van der Waals surface area contributed by atoms with Crippen molar-refractivity contribution in [1.82, 2.24) is 19.3 Å². The Morgan fingerprint density at radius 3 is 2.76 bits per heavy atom. The van der Waals surface area contributed by atoms with Gasteiger partial charge in [-0.3, -0.25) is 4.79 Å². The van der Waals surface area contributed by atoms with E-state index in [1.54, 1.807) is 17.9 Å². The summed E-state index contributed by atoms with van der Waals surface area (Å²) in [5, 5.41) is 5.99. The third-order valence-electron chi connectivity index (χ3n) is 4.70. The highest BCUT2D eigenvalue weighted by molar-refractivity contribution is 7.90. The number of carbonyl (C=O) groups is 1. The number of sulfonamides is 1. The maximum absolute atomic E-state index is 12.8. The highest BCUT2D eigenvalue weighted by atomic mass is 32.2.